The van der Waals surface area contributed by atoms with Crippen molar-refractivity contribution in [3.8, 4) is 0 Å². The number of ether oxygens (including phenoxy) is 1. The number of nitrogen functional groups attached to an aromatic ring is 1. The molecule has 0 saturated carbocycles. The van der Waals surface area contributed by atoms with Crippen LogP contribution in [0.2, 0.25) is 0 Å². The highest BCUT2D eigenvalue weighted by Crippen LogP contribution is 2.24. The highest BCUT2D eigenvalue weighted by Gasteiger charge is 2.25. The second-order valence-corrected chi connectivity index (χ2v) is 5.00. The highest BCUT2D eigenvalue weighted by molar-refractivity contribution is 5.95. The summed E-state index contributed by atoms with van der Waals surface area (Å²) in [5.74, 6) is 0.326. The van der Waals surface area contributed by atoms with Crippen LogP contribution in [0.25, 0.3) is 0 Å². The minimum absolute atomic E-state index is 0.0418. The van der Waals surface area contributed by atoms with Crippen molar-refractivity contribution in [3.05, 3.63) is 17.8 Å². The largest absolute Gasteiger partial charge is 0.465 e. The van der Waals surface area contributed by atoms with Crippen LogP contribution < -0.4 is 16.0 Å². The predicted octanol–water partition coefficient (Wildman–Crippen LogP) is 0.413. The van der Waals surface area contributed by atoms with Crippen LogP contribution in [0.5, 0.6) is 0 Å². The Hall–Kier alpha value is -2.31. The summed E-state index contributed by atoms with van der Waals surface area (Å²) < 4.78 is 4.70. The van der Waals surface area contributed by atoms with Crippen LogP contribution in [0.4, 0.5) is 11.5 Å². The molecule has 1 aliphatic rings. The van der Waals surface area contributed by atoms with E-state index in [4.69, 9.17) is 10.5 Å². The van der Waals surface area contributed by atoms with Crippen molar-refractivity contribution in [1.29, 1.82) is 0 Å². The van der Waals surface area contributed by atoms with Gasteiger partial charge < -0.3 is 20.7 Å². The molecule has 1 saturated heterocycles. The minimum Gasteiger partial charge on any atom is -0.465 e. The molecular formula is C14H20N4O3. The molecule has 0 atom stereocenters. The molecule has 0 bridgehead atoms. The highest BCUT2D eigenvalue weighted by atomic mass is 16.5. The van der Waals surface area contributed by atoms with Crippen LogP contribution >= 0.6 is 0 Å². The number of nitrogens with one attached hydrogen (secondary N) is 1. The summed E-state index contributed by atoms with van der Waals surface area (Å²) in [7, 11) is 2.97. The summed E-state index contributed by atoms with van der Waals surface area (Å²) >= 11 is 0. The quantitative estimate of drug-likeness (QED) is 0.783. The number of anilines is 2. The maximum Gasteiger partial charge on any atom is 0.340 e. The molecule has 1 aromatic rings. The smallest absolute Gasteiger partial charge is 0.340 e. The number of hydrogen-bond donors (Lipinski definition) is 2. The molecule has 7 nitrogen and oxygen atoms in total. The zero-order valence-electron chi connectivity index (χ0n) is 12.3. The average Bonchev–Trinajstić information content (AvgIpc) is 2.54. The molecule has 1 fully saturated rings. The van der Waals surface area contributed by atoms with E-state index in [9.17, 15) is 9.59 Å². The Labute approximate surface area is 123 Å². The normalized spacial score (nSPS) is 15.6. The Balaban J connectivity index is 2.10. The molecule has 0 spiro atoms. The van der Waals surface area contributed by atoms with E-state index in [0.717, 1.165) is 25.9 Å². The van der Waals surface area contributed by atoms with Gasteiger partial charge in [0.1, 0.15) is 5.82 Å². The zero-order valence-corrected chi connectivity index (χ0v) is 12.3. The SMILES string of the molecule is CNC(=O)C1CCN(c2cc(C(=O)OC)c(N)cn2)CC1. The zero-order chi connectivity index (χ0) is 15.4. The number of pyridine rings is 1. The van der Waals surface area contributed by atoms with Crippen molar-refractivity contribution in [2.45, 2.75) is 12.8 Å². The summed E-state index contributed by atoms with van der Waals surface area (Å²) in [5.41, 5.74) is 6.35. The monoisotopic (exact) mass is 292 g/mol. The van der Waals surface area contributed by atoms with E-state index in [1.165, 1.54) is 13.3 Å². The number of methoxy groups -OCH3 is 1. The second kappa shape index (κ2) is 6.43. The first-order valence-electron chi connectivity index (χ1n) is 6.87. The molecule has 0 aromatic carbocycles. The number of aromatic nitrogens is 1. The first kappa shape index (κ1) is 15.1. The Morgan fingerprint density at radius 1 is 1.43 bits per heavy atom. The molecule has 114 valence electrons. The summed E-state index contributed by atoms with van der Waals surface area (Å²) in [6, 6.07) is 1.64. The lowest BCUT2D eigenvalue weighted by Crippen LogP contribution is -2.40. The number of rotatable bonds is 3. The number of carbonyl (C=O) groups excluding carboxylic acids is 2. The van der Waals surface area contributed by atoms with Gasteiger partial charge in [0.05, 0.1) is 24.6 Å². The van der Waals surface area contributed by atoms with Crippen molar-refractivity contribution in [2.75, 3.05) is 37.9 Å². The third-order valence-electron chi connectivity index (χ3n) is 3.76. The standard InChI is InChI=1S/C14H20N4O3/c1-16-13(19)9-3-5-18(6-4-9)12-7-10(14(20)21-2)11(15)8-17-12/h7-9H,3-6,15H2,1-2H3,(H,16,19). The van der Waals surface area contributed by atoms with Crippen LogP contribution in [0.1, 0.15) is 23.2 Å². The van der Waals surface area contributed by atoms with Crippen LogP contribution in [0.3, 0.4) is 0 Å². The molecule has 2 rings (SSSR count). The van der Waals surface area contributed by atoms with E-state index in [1.807, 2.05) is 4.90 Å². The van der Waals surface area contributed by atoms with Crippen molar-refractivity contribution >= 4 is 23.4 Å². The number of amides is 1. The molecule has 0 aliphatic carbocycles. The third-order valence-corrected chi connectivity index (χ3v) is 3.76. The Kier molecular flexibility index (Phi) is 4.62. The maximum absolute atomic E-state index is 11.6. The van der Waals surface area contributed by atoms with Crippen LogP contribution in [-0.4, -0.2) is 44.1 Å². The fraction of sp³-hybridized carbons (Fsp3) is 0.500. The van der Waals surface area contributed by atoms with Gasteiger partial charge in [0, 0.05) is 26.1 Å². The third kappa shape index (κ3) is 3.24. The van der Waals surface area contributed by atoms with E-state index in [1.54, 1.807) is 13.1 Å². The van der Waals surface area contributed by atoms with Gasteiger partial charge in [-0.05, 0) is 18.9 Å². The number of hydrogen-bond acceptors (Lipinski definition) is 6. The molecule has 7 heteroatoms. The average molecular weight is 292 g/mol. The molecule has 1 aromatic heterocycles. The molecule has 1 amide bonds. The van der Waals surface area contributed by atoms with Crippen LogP contribution in [0.15, 0.2) is 12.3 Å². The van der Waals surface area contributed by atoms with Crippen LogP contribution in [-0.2, 0) is 9.53 Å². The van der Waals surface area contributed by atoms with E-state index >= 15 is 0 Å². The molecule has 1 aliphatic heterocycles. The van der Waals surface area contributed by atoms with Gasteiger partial charge in [0.25, 0.3) is 0 Å². The molecule has 3 N–H and O–H groups in total. The van der Waals surface area contributed by atoms with Gasteiger partial charge in [-0.15, -0.1) is 0 Å². The topological polar surface area (TPSA) is 97.5 Å². The summed E-state index contributed by atoms with van der Waals surface area (Å²) in [5, 5.41) is 2.68. The second-order valence-electron chi connectivity index (χ2n) is 5.00. The van der Waals surface area contributed by atoms with E-state index in [2.05, 4.69) is 10.3 Å². The number of nitrogens with two attached hydrogens (primary N) is 1. The number of nitrogens with zero attached hydrogens (tertiary/aromatic N) is 2. The molecule has 2 heterocycles. The van der Waals surface area contributed by atoms with Crippen molar-refractivity contribution < 1.29 is 14.3 Å². The Morgan fingerprint density at radius 3 is 2.67 bits per heavy atom. The lowest BCUT2D eigenvalue weighted by molar-refractivity contribution is -0.125. The lowest BCUT2D eigenvalue weighted by Gasteiger charge is -2.32. The van der Waals surface area contributed by atoms with Gasteiger partial charge in [-0.25, -0.2) is 9.78 Å². The van der Waals surface area contributed by atoms with Gasteiger partial charge >= 0.3 is 5.97 Å². The molecule has 0 unspecified atom stereocenters. The van der Waals surface area contributed by atoms with E-state index in [-0.39, 0.29) is 11.8 Å². The fourth-order valence-corrected chi connectivity index (χ4v) is 2.49. The van der Waals surface area contributed by atoms with Gasteiger partial charge in [-0.2, -0.15) is 0 Å². The lowest BCUT2D eigenvalue weighted by atomic mass is 9.96. The van der Waals surface area contributed by atoms with Crippen molar-refractivity contribution in [1.82, 2.24) is 10.3 Å². The molecular weight excluding hydrogens is 272 g/mol. The molecule has 21 heavy (non-hydrogen) atoms. The number of piperidine rings is 1. The van der Waals surface area contributed by atoms with E-state index in [0.29, 0.717) is 17.1 Å². The van der Waals surface area contributed by atoms with Gasteiger partial charge in [-0.3, -0.25) is 4.79 Å². The van der Waals surface area contributed by atoms with Gasteiger partial charge in [-0.1, -0.05) is 0 Å². The van der Waals surface area contributed by atoms with Crippen molar-refractivity contribution in [3.63, 3.8) is 0 Å². The number of esters is 1. The Morgan fingerprint density at radius 2 is 2.10 bits per heavy atom. The minimum atomic E-state index is -0.476. The molecule has 0 radical (unpaired) electrons. The number of carbonyl (C=O) groups is 2. The maximum atomic E-state index is 11.6. The van der Waals surface area contributed by atoms with Gasteiger partial charge in [0.15, 0.2) is 0 Å². The Bertz CT molecular complexity index is 539. The summed E-state index contributed by atoms with van der Waals surface area (Å²) in [6.45, 7) is 1.44. The first-order chi connectivity index (χ1) is 10.1. The van der Waals surface area contributed by atoms with E-state index < -0.39 is 5.97 Å². The van der Waals surface area contributed by atoms with Crippen LogP contribution in [0, 0.1) is 5.92 Å². The van der Waals surface area contributed by atoms with Crippen molar-refractivity contribution in [2.24, 2.45) is 5.92 Å². The first-order valence-corrected chi connectivity index (χ1v) is 6.87. The summed E-state index contributed by atoms with van der Waals surface area (Å²) in [6.07, 6.45) is 2.99. The van der Waals surface area contributed by atoms with Gasteiger partial charge in [0.2, 0.25) is 5.91 Å². The fourth-order valence-electron chi connectivity index (χ4n) is 2.49. The summed E-state index contributed by atoms with van der Waals surface area (Å²) in [4.78, 5) is 29.6. The predicted molar refractivity (Wildman–Crippen MR) is 79.0 cm³/mol.